The van der Waals surface area contributed by atoms with Crippen molar-refractivity contribution in [1.82, 2.24) is 15.0 Å². The number of aromatic nitrogens is 3. The van der Waals surface area contributed by atoms with Gasteiger partial charge in [0.2, 0.25) is 0 Å². The number of aryl methyl sites for hydroxylation is 1. The summed E-state index contributed by atoms with van der Waals surface area (Å²) in [6, 6.07) is 50.5. The van der Waals surface area contributed by atoms with Crippen molar-refractivity contribution in [2.24, 2.45) is 0 Å². The van der Waals surface area contributed by atoms with Crippen LogP contribution >= 0.6 is 0 Å². The molecule has 0 radical (unpaired) electrons. The van der Waals surface area contributed by atoms with Crippen molar-refractivity contribution in [3.05, 3.63) is 199 Å². The Bertz CT molecular complexity index is 3110. The predicted octanol–water partition coefficient (Wildman–Crippen LogP) is 13.6. The van der Waals surface area contributed by atoms with Gasteiger partial charge in [-0.1, -0.05) is 152 Å². The summed E-state index contributed by atoms with van der Waals surface area (Å²) in [5.41, 5.74) is 11.6. The van der Waals surface area contributed by atoms with Crippen LogP contribution in [-0.4, -0.2) is 15.0 Å². The van der Waals surface area contributed by atoms with Gasteiger partial charge in [0.1, 0.15) is 5.82 Å². The Labute approximate surface area is 326 Å². The molecule has 1 unspecified atom stereocenters. The quantitative estimate of drug-likeness (QED) is 0.167. The van der Waals surface area contributed by atoms with Crippen LogP contribution in [0, 0.1) is 0 Å². The van der Waals surface area contributed by atoms with Gasteiger partial charge in [0.15, 0.2) is 0 Å². The molecule has 0 aliphatic heterocycles. The summed E-state index contributed by atoms with van der Waals surface area (Å²) in [5, 5.41) is 9.92. The monoisotopic (exact) mass is 715 g/mol. The Morgan fingerprint density at radius 2 is 1.18 bits per heavy atom. The lowest BCUT2D eigenvalue weighted by molar-refractivity contribution is 0.777. The highest BCUT2D eigenvalue weighted by Gasteiger charge is 2.21. The molecule has 3 heteroatoms. The molecule has 0 amide bonds. The lowest BCUT2D eigenvalue weighted by Gasteiger charge is -2.20. The number of hydrogen-bond acceptors (Lipinski definition) is 3. The maximum absolute atomic E-state index is 5.41. The fourth-order valence-corrected chi connectivity index (χ4v) is 8.90. The molecule has 0 fully saturated rings. The van der Waals surface area contributed by atoms with E-state index in [9.17, 15) is 0 Å². The molecule has 9 aromatic rings. The first-order valence-electron chi connectivity index (χ1n) is 19.6. The molecule has 11 rings (SSSR count). The zero-order valence-electron chi connectivity index (χ0n) is 30.9. The lowest BCUT2D eigenvalue weighted by atomic mass is 9.88. The number of benzene rings is 7. The largest absolute Gasteiger partial charge is 0.263 e. The number of rotatable bonds is 5. The van der Waals surface area contributed by atoms with E-state index in [1.54, 1.807) is 0 Å². The van der Waals surface area contributed by atoms with Crippen LogP contribution in [-0.2, 0) is 6.42 Å². The van der Waals surface area contributed by atoms with E-state index in [2.05, 4.69) is 175 Å². The molecule has 2 heterocycles. The van der Waals surface area contributed by atoms with E-state index in [0.29, 0.717) is 0 Å². The van der Waals surface area contributed by atoms with Gasteiger partial charge >= 0.3 is 0 Å². The minimum Gasteiger partial charge on any atom is -0.263 e. The zero-order chi connectivity index (χ0) is 37.0. The highest BCUT2D eigenvalue weighted by atomic mass is 14.9. The van der Waals surface area contributed by atoms with E-state index < -0.39 is 0 Å². The summed E-state index contributed by atoms with van der Waals surface area (Å²) in [6.07, 6.45) is 18.2. The van der Waals surface area contributed by atoms with Gasteiger partial charge in [0.05, 0.1) is 11.4 Å². The minimum atomic E-state index is 0.0375. The molecule has 0 saturated heterocycles. The zero-order valence-corrected chi connectivity index (χ0v) is 30.9. The van der Waals surface area contributed by atoms with Gasteiger partial charge < -0.3 is 0 Å². The van der Waals surface area contributed by atoms with Crippen molar-refractivity contribution in [1.29, 1.82) is 0 Å². The summed E-state index contributed by atoms with van der Waals surface area (Å²) >= 11 is 0. The molecule has 1 atom stereocenters. The van der Waals surface area contributed by atoms with E-state index in [4.69, 9.17) is 9.97 Å². The second kappa shape index (κ2) is 13.4. The van der Waals surface area contributed by atoms with E-state index in [-0.39, 0.29) is 5.92 Å². The van der Waals surface area contributed by atoms with Crippen molar-refractivity contribution in [3.8, 4) is 33.6 Å². The van der Waals surface area contributed by atoms with Gasteiger partial charge in [0.25, 0.3) is 0 Å². The first kappa shape index (κ1) is 32.5. The predicted molar refractivity (Wildman–Crippen MR) is 234 cm³/mol. The molecule has 0 bridgehead atoms. The van der Waals surface area contributed by atoms with Gasteiger partial charge in [-0.15, -0.1) is 0 Å². The topological polar surface area (TPSA) is 38.7 Å². The molecule has 0 N–H and O–H groups in total. The molecule has 0 saturated carbocycles. The number of allylic oxidation sites excluding steroid dienone is 5. The average molecular weight is 716 g/mol. The van der Waals surface area contributed by atoms with Crippen LogP contribution in [0.2, 0.25) is 0 Å². The maximum Gasteiger partial charge on any atom is 0.136 e. The molecule has 7 aromatic carbocycles. The first-order chi connectivity index (χ1) is 27.7. The average Bonchev–Trinajstić information content (AvgIpc) is 3.28. The summed E-state index contributed by atoms with van der Waals surface area (Å²) in [6.45, 7) is 0. The maximum atomic E-state index is 5.41. The van der Waals surface area contributed by atoms with Crippen molar-refractivity contribution in [3.63, 3.8) is 0 Å². The summed E-state index contributed by atoms with van der Waals surface area (Å²) in [5.74, 6) is 0.877. The highest BCUT2D eigenvalue weighted by molar-refractivity contribution is 6.13. The Morgan fingerprint density at radius 1 is 0.500 bits per heavy atom. The van der Waals surface area contributed by atoms with E-state index in [0.717, 1.165) is 58.6 Å². The second-order valence-corrected chi connectivity index (χ2v) is 15.0. The Hall–Kier alpha value is -6.97. The SMILES string of the molecule is C1=Cc2c(cc(-c3cc(-c4ccc(-c5cc6ccccc6c6ccccc56)cc4)nc(C4C=CC(c5cncc6ccccc56)=CC4)n3)c3ccccc23)CC1. The Balaban J connectivity index is 1.03. The molecule has 2 aliphatic rings. The van der Waals surface area contributed by atoms with Crippen LogP contribution in [0.15, 0.2) is 176 Å². The van der Waals surface area contributed by atoms with Crippen LogP contribution in [0.3, 0.4) is 0 Å². The van der Waals surface area contributed by atoms with Gasteiger partial charge in [-0.05, 0) is 103 Å². The molecule has 264 valence electrons. The van der Waals surface area contributed by atoms with Gasteiger partial charge in [0, 0.05) is 40.4 Å². The van der Waals surface area contributed by atoms with Crippen LogP contribution in [0.5, 0.6) is 0 Å². The molecule has 3 nitrogen and oxygen atoms in total. The molecular formula is C53H37N3. The fraction of sp³-hybridized carbons (Fsp3) is 0.0755. The minimum absolute atomic E-state index is 0.0375. The van der Waals surface area contributed by atoms with E-state index in [1.165, 1.54) is 65.5 Å². The first-order valence-corrected chi connectivity index (χ1v) is 19.6. The number of hydrogen-bond donors (Lipinski definition) is 0. The molecule has 2 aliphatic carbocycles. The van der Waals surface area contributed by atoms with Gasteiger partial charge in [-0.3, -0.25) is 4.98 Å². The Morgan fingerprint density at radius 3 is 1.98 bits per heavy atom. The number of pyridine rings is 1. The number of nitrogens with zero attached hydrogens (tertiary/aromatic N) is 3. The molecule has 0 spiro atoms. The third kappa shape index (κ3) is 5.55. The second-order valence-electron chi connectivity index (χ2n) is 15.0. The normalized spacial score (nSPS) is 15.1. The lowest BCUT2D eigenvalue weighted by Crippen LogP contribution is -2.07. The van der Waals surface area contributed by atoms with Gasteiger partial charge in [-0.25, -0.2) is 9.97 Å². The summed E-state index contributed by atoms with van der Waals surface area (Å²) < 4.78 is 0. The smallest absolute Gasteiger partial charge is 0.136 e. The van der Waals surface area contributed by atoms with E-state index in [1.807, 2.05) is 12.4 Å². The van der Waals surface area contributed by atoms with Crippen LogP contribution in [0.25, 0.3) is 88.4 Å². The third-order valence-electron chi connectivity index (χ3n) is 11.7. The van der Waals surface area contributed by atoms with Crippen molar-refractivity contribution >= 4 is 54.7 Å². The van der Waals surface area contributed by atoms with Crippen LogP contribution in [0.4, 0.5) is 0 Å². The van der Waals surface area contributed by atoms with E-state index >= 15 is 0 Å². The van der Waals surface area contributed by atoms with Gasteiger partial charge in [-0.2, -0.15) is 0 Å². The highest BCUT2D eigenvalue weighted by Crippen LogP contribution is 2.40. The van der Waals surface area contributed by atoms with Crippen LogP contribution in [0.1, 0.15) is 41.3 Å². The number of fused-ring (bicyclic) bond motifs is 7. The third-order valence-corrected chi connectivity index (χ3v) is 11.7. The van der Waals surface area contributed by atoms with Crippen molar-refractivity contribution in [2.75, 3.05) is 0 Å². The van der Waals surface area contributed by atoms with Crippen molar-refractivity contribution in [2.45, 2.75) is 25.2 Å². The standard InChI is InChI=1S/C53H37N3/c1-4-14-41-38(11-1)29-48(46-19-9-7-17-44(41)46)34-21-25-36(26-22-34)51-31-52(49-30-39-12-2-5-15-42(39)45-18-8-10-20-47(45)49)56-53(55-51)37-27-23-35(24-28-37)50-33-54-32-40-13-3-6-16-43(40)50/h1,3-11,13-27,29-33,37H,2,12,28H2. The molecule has 2 aromatic heterocycles. The summed E-state index contributed by atoms with van der Waals surface area (Å²) in [4.78, 5) is 15.3. The van der Waals surface area contributed by atoms with Crippen LogP contribution < -0.4 is 0 Å². The summed E-state index contributed by atoms with van der Waals surface area (Å²) in [7, 11) is 0. The molecular weight excluding hydrogens is 679 g/mol. The Kier molecular flexibility index (Phi) is 7.77. The molecule has 56 heavy (non-hydrogen) atoms. The van der Waals surface area contributed by atoms with Crippen molar-refractivity contribution < 1.29 is 0 Å². The fourth-order valence-electron chi connectivity index (χ4n) is 8.90.